The molecule has 0 saturated heterocycles. The molecule has 0 aliphatic rings. The molecule has 0 unspecified atom stereocenters. The van der Waals surface area contributed by atoms with E-state index in [1.165, 1.54) is 30.3 Å². The van der Waals surface area contributed by atoms with E-state index in [0.717, 1.165) is 9.87 Å². The SMILES string of the molecule is Cc1cccc(N(CC(=O)Nc2ccccc2F)S(=O)(=O)c2ccccc2)c1. The molecule has 1 N–H and O–H groups in total. The summed E-state index contributed by atoms with van der Waals surface area (Å²) in [5.41, 5.74) is 1.20. The average Bonchev–Trinajstić information content (AvgIpc) is 2.68. The Morgan fingerprint density at radius 2 is 1.64 bits per heavy atom. The zero-order valence-electron chi connectivity index (χ0n) is 15.2. The van der Waals surface area contributed by atoms with Crippen LogP contribution in [-0.4, -0.2) is 20.9 Å². The first kappa shape index (κ1) is 19.6. The van der Waals surface area contributed by atoms with Crippen molar-refractivity contribution in [2.45, 2.75) is 11.8 Å². The lowest BCUT2D eigenvalue weighted by Gasteiger charge is -2.24. The van der Waals surface area contributed by atoms with E-state index in [4.69, 9.17) is 0 Å². The summed E-state index contributed by atoms with van der Waals surface area (Å²) in [6.45, 7) is 1.34. The fourth-order valence-corrected chi connectivity index (χ4v) is 4.13. The average molecular weight is 398 g/mol. The van der Waals surface area contributed by atoms with E-state index in [-0.39, 0.29) is 10.6 Å². The molecule has 1 amide bonds. The lowest BCUT2D eigenvalue weighted by atomic mass is 10.2. The van der Waals surface area contributed by atoms with Gasteiger partial charge in [0.05, 0.1) is 16.3 Å². The number of rotatable bonds is 6. The molecule has 0 aliphatic carbocycles. The number of amides is 1. The predicted octanol–water partition coefficient (Wildman–Crippen LogP) is 3.97. The zero-order chi connectivity index (χ0) is 20.1. The van der Waals surface area contributed by atoms with Crippen molar-refractivity contribution in [3.05, 3.63) is 90.2 Å². The van der Waals surface area contributed by atoms with Crippen LogP contribution in [0.15, 0.2) is 83.8 Å². The molecular weight excluding hydrogens is 379 g/mol. The summed E-state index contributed by atoms with van der Waals surface area (Å²) in [5.74, 6) is -1.24. The molecule has 0 spiro atoms. The molecule has 7 heteroatoms. The number of anilines is 2. The van der Waals surface area contributed by atoms with Crippen molar-refractivity contribution < 1.29 is 17.6 Å². The van der Waals surface area contributed by atoms with Crippen molar-refractivity contribution in [2.75, 3.05) is 16.2 Å². The van der Waals surface area contributed by atoms with Crippen LogP contribution >= 0.6 is 0 Å². The number of carbonyl (C=O) groups excluding carboxylic acids is 1. The second-order valence-corrected chi connectivity index (χ2v) is 8.05. The molecule has 3 aromatic rings. The van der Waals surface area contributed by atoms with Crippen molar-refractivity contribution >= 4 is 27.3 Å². The number of halogens is 1. The van der Waals surface area contributed by atoms with E-state index in [1.54, 1.807) is 42.5 Å². The lowest BCUT2D eigenvalue weighted by molar-refractivity contribution is -0.114. The van der Waals surface area contributed by atoms with Gasteiger partial charge in [-0.05, 0) is 48.9 Å². The van der Waals surface area contributed by atoms with Crippen LogP contribution < -0.4 is 9.62 Å². The number of sulfonamides is 1. The minimum Gasteiger partial charge on any atom is -0.322 e. The topological polar surface area (TPSA) is 66.5 Å². The van der Waals surface area contributed by atoms with E-state index in [1.807, 2.05) is 13.0 Å². The van der Waals surface area contributed by atoms with E-state index in [9.17, 15) is 17.6 Å². The van der Waals surface area contributed by atoms with Crippen molar-refractivity contribution in [3.8, 4) is 0 Å². The Labute approximate surface area is 163 Å². The first-order valence-corrected chi connectivity index (χ1v) is 10.0. The highest BCUT2D eigenvalue weighted by molar-refractivity contribution is 7.92. The second kappa shape index (κ2) is 8.22. The van der Waals surface area contributed by atoms with Crippen molar-refractivity contribution in [1.29, 1.82) is 0 Å². The molecule has 0 aromatic heterocycles. The molecule has 0 radical (unpaired) electrons. The van der Waals surface area contributed by atoms with Crippen LogP contribution in [0.25, 0.3) is 0 Å². The minimum atomic E-state index is -3.99. The molecule has 3 rings (SSSR count). The Hall–Kier alpha value is -3.19. The predicted molar refractivity (Wildman–Crippen MR) is 107 cm³/mol. The highest BCUT2D eigenvalue weighted by atomic mass is 32.2. The quantitative estimate of drug-likeness (QED) is 0.683. The lowest BCUT2D eigenvalue weighted by Crippen LogP contribution is -2.38. The summed E-state index contributed by atoms with van der Waals surface area (Å²) >= 11 is 0. The summed E-state index contributed by atoms with van der Waals surface area (Å²) in [6.07, 6.45) is 0. The van der Waals surface area contributed by atoms with Gasteiger partial charge in [-0.2, -0.15) is 0 Å². The number of hydrogen-bond donors (Lipinski definition) is 1. The van der Waals surface area contributed by atoms with Gasteiger partial charge in [0, 0.05) is 0 Å². The minimum absolute atomic E-state index is 0.00574. The number of carbonyl (C=O) groups is 1. The largest absolute Gasteiger partial charge is 0.322 e. The molecule has 0 fully saturated rings. The number of hydrogen-bond acceptors (Lipinski definition) is 3. The molecule has 3 aromatic carbocycles. The maximum Gasteiger partial charge on any atom is 0.264 e. The number of nitrogens with zero attached hydrogens (tertiary/aromatic N) is 1. The maximum absolute atomic E-state index is 13.8. The van der Waals surface area contributed by atoms with Gasteiger partial charge in [-0.25, -0.2) is 12.8 Å². The molecule has 0 bridgehead atoms. The first-order valence-electron chi connectivity index (χ1n) is 8.57. The zero-order valence-corrected chi connectivity index (χ0v) is 16.0. The third-order valence-electron chi connectivity index (χ3n) is 4.06. The summed E-state index contributed by atoms with van der Waals surface area (Å²) in [5, 5.41) is 2.43. The molecule has 0 aliphatic heterocycles. The van der Waals surface area contributed by atoms with E-state index < -0.39 is 28.3 Å². The Kier molecular flexibility index (Phi) is 5.75. The normalized spacial score (nSPS) is 11.1. The molecule has 0 atom stereocenters. The van der Waals surface area contributed by atoms with Crippen molar-refractivity contribution in [2.24, 2.45) is 0 Å². The number of para-hydroxylation sites is 1. The smallest absolute Gasteiger partial charge is 0.264 e. The van der Waals surface area contributed by atoms with Crippen LogP contribution in [0.4, 0.5) is 15.8 Å². The highest BCUT2D eigenvalue weighted by Gasteiger charge is 2.27. The molecule has 28 heavy (non-hydrogen) atoms. The monoisotopic (exact) mass is 398 g/mol. The van der Waals surface area contributed by atoms with Gasteiger partial charge in [-0.15, -0.1) is 0 Å². The van der Waals surface area contributed by atoms with Crippen LogP contribution in [-0.2, 0) is 14.8 Å². The molecule has 0 saturated carbocycles. The Morgan fingerprint density at radius 1 is 0.964 bits per heavy atom. The number of nitrogens with one attached hydrogen (secondary N) is 1. The van der Waals surface area contributed by atoms with Gasteiger partial charge in [-0.3, -0.25) is 9.10 Å². The van der Waals surface area contributed by atoms with Gasteiger partial charge in [0.2, 0.25) is 5.91 Å². The fourth-order valence-electron chi connectivity index (χ4n) is 2.70. The standard InChI is InChI=1S/C21H19FN2O3S/c1-16-8-7-9-17(14-16)24(28(26,27)18-10-3-2-4-11-18)15-21(25)23-20-13-6-5-12-19(20)22/h2-14H,15H2,1H3,(H,23,25). The van der Waals surface area contributed by atoms with Crippen LogP contribution in [0.2, 0.25) is 0 Å². The first-order chi connectivity index (χ1) is 13.4. The Morgan fingerprint density at radius 3 is 2.32 bits per heavy atom. The molecular formula is C21H19FN2O3S. The third-order valence-corrected chi connectivity index (χ3v) is 5.84. The summed E-state index contributed by atoms with van der Waals surface area (Å²) in [6, 6.07) is 20.4. The second-order valence-electron chi connectivity index (χ2n) is 6.19. The fraction of sp³-hybridized carbons (Fsp3) is 0.0952. The van der Waals surface area contributed by atoms with Crippen molar-refractivity contribution in [1.82, 2.24) is 0 Å². The number of benzene rings is 3. The third kappa shape index (κ3) is 4.37. The van der Waals surface area contributed by atoms with E-state index in [2.05, 4.69) is 5.32 Å². The maximum atomic E-state index is 13.8. The number of aryl methyl sites for hydroxylation is 1. The molecule has 144 valence electrons. The van der Waals surface area contributed by atoms with Gasteiger partial charge in [0.25, 0.3) is 10.0 Å². The summed E-state index contributed by atoms with van der Waals surface area (Å²) in [4.78, 5) is 12.6. The van der Waals surface area contributed by atoms with Crippen LogP contribution in [0, 0.1) is 12.7 Å². The summed E-state index contributed by atoms with van der Waals surface area (Å²) < 4.78 is 41.2. The summed E-state index contributed by atoms with van der Waals surface area (Å²) in [7, 11) is -3.99. The Bertz CT molecular complexity index is 1090. The van der Waals surface area contributed by atoms with Crippen molar-refractivity contribution in [3.63, 3.8) is 0 Å². The van der Waals surface area contributed by atoms with Gasteiger partial charge in [0.1, 0.15) is 12.4 Å². The van der Waals surface area contributed by atoms with Gasteiger partial charge < -0.3 is 5.32 Å². The molecule has 5 nitrogen and oxygen atoms in total. The van der Waals surface area contributed by atoms with Crippen LogP contribution in [0.5, 0.6) is 0 Å². The van der Waals surface area contributed by atoms with E-state index in [0.29, 0.717) is 5.69 Å². The van der Waals surface area contributed by atoms with Gasteiger partial charge >= 0.3 is 0 Å². The van der Waals surface area contributed by atoms with E-state index >= 15 is 0 Å². The van der Waals surface area contributed by atoms with Crippen LogP contribution in [0.3, 0.4) is 0 Å². The Balaban J connectivity index is 1.95. The van der Waals surface area contributed by atoms with Crippen LogP contribution in [0.1, 0.15) is 5.56 Å². The van der Waals surface area contributed by atoms with Gasteiger partial charge in [0.15, 0.2) is 0 Å². The van der Waals surface area contributed by atoms with Gasteiger partial charge in [-0.1, -0.05) is 42.5 Å². The highest BCUT2D eigenvalue weighted by Crippen LogP contribution is 2.24. The molecule has 0 heterocycles.